The van der Waals surface area contributed by atoms with Crippen LogP contribution >= 0.6 is 0 Å². The van der Waals surface area contributed by atoms with Gasteiger partial charge in [0.15, 0.2) is 0 Å². The Kier molecular flexibility index (Phi) is 5.70. The summed E-state index contributed by atoms with van der Waals surface area (Å²) in [5, 5.41) is 0. The van der Waals surface area contributed by atoms with Crippen LogP contribution in [0, 0.1) is 5.82 Å². The zero-order chi connectivity index (χ0) is 24.8. The van der Waals surface area contributed by atoms with Crippen LogP contribution in [0.15, 0.2) is 72.8 Å². The van der Waals surface area contributed by atoms with Gasteiger partial charge < -0.3 is 9.47 Å². The molecule has 3 aliphatic rings. The smallest absolute Gasteiger partial charge is 0.410 e. The lowest BCUT2D eigenvalue weighted by Crippen LogP contribution is -2.43. The summed E-state index contributed by atoms with van der Waals surface area (Å²) < 4.78 is 49.9. The summed E-state index contributed by atoms with van der Waals surface area (Å²) in [5.41, 5.74) is 5.85. The van der Waals surface area contributed by atoms with E-state index >= 15 is 0 Å². The summed E-state index contributed by atoms with van der Waals surface area (Å²) in [4.78, 5) is 15.0. The zero-order valence-corrected chi connectivity index (χ0v) is 19.4. The van der Waals surface area contributed by atoms with E-state index in [1.165, 1.54) is 23.3 Å². The fourth-order valence-electron chi connectivity index (χ4n) is 5.94. The quantitative estimate of drug-likeness (QED) is 0.386. The van der Waals surface area contributed by atoms with E-state index in [9.17, 15) is 18.0 Å². The lowest BCUT2D eigenvalue weighted by molar-refractivity contribution is -0.0501. The molecule has 7 heteroatoms. The first-order valence-corrected chi connectivity index (χ1v) is 12.1. The molecule has 2 atom stereocenters. The second-order valence-corrected chi connectivity index (χ2v) is 9.42. The number of amides is 1. The fourth-order valence-corrected chi connectivity index (χ4v) is 5.94. The van der Waals surface area contributed by atoms with Crippen molar-refractivity contribution in [3.8, 4) is 16.9 Å². The number of hydrogen-bond acceptors (Lipinski definition) is 3. The number of hydrogen-bond donors (Lipinski definition) is 0. The van der Waals surface area contributed by atoms with Gasteiger partial charge in [-0.2, -0.15) is 8.78 Å². The molecule has 3 aromatic carbocycles. The first-order chi connectivity index (χ1) is 17.5. The molecule has 1 saturated heterocycles. The van der Waals surface area contributed by atoms with Gasteiger partial charge in [0.2, 0.25) is 0 Å². The monoisotopic (exact) mass is 491 g/mol. The summed E-state index contributed by atoms with van der Waals surface area (Å²) in [7, 11) is 0. The van der Waals surface area contributed by atoms with Crippen LogP contribution in [0.1, 0.15) is 41.9 Å². The van der Waals surface area contributed by atoms with Crippen LogP contribution in [0.4, 0.5) is 18.0 Å². The van der Waals surface area contributed by atoms with Crippen LogP contribution in [0.5, 0.6) is 5.75 Å². The van der Waals surface area contributed by atoms with E-state index in [1.807, 2.05) is 30.3 Å². The fraction of sp³-hybridized carbons (Fsp3) is 0.276. The predicted molar refractivity (Wildman–Crippen MR) is 129 cm³/mol. The lowest BCUT2D eigenvalue weighted by atomic mass is 9.94. The topological polar surface area (TPSA) is 38.8 Å². The number of halogens is 3. The molecular weight excluding hydrogens is 467 g/mol. The second kappa shape index (κ2) is 9.04. The van der Waals surface area contributed by atoms with Gasteiger partial charge in [0, 0.05) is 23.6 Å². The molecule has 1 fully saturated rings. The standard InChI is InChI=1S/C29H24F3NO3/c30-18-9-12-21(27(15-18)36-28(31)32)17-13-19-10-11-20(14-17)33(19)29(34)35-16-26-24-7-3-1-5-22(24)23-6-2-4-8-25(23)26/h1-9,12-13,15,19-20,26,28H,10-11,14,16H2. The van der Waals surface area contributed by atoms with Gasteiger partial charge in [-0.05, 0) is 59.2 Å². The van der Waals surface area contributed by atoms with Gasteiger partial charge in [-0.3, -0.25) is 4.90 Å². The molecule has 0 saturated carbocycles. The molecule has 0 spiro atoms. The molecule has 184 valence electrons. The van der Waals surface area contributed by atoms with Crippen molar-refractivity contribution < 1.29 is 27.4 Å². The molecular formula is C29H24F3NO3. The van der Waals surface area contributed by atoms with Gasteiger partial charge >= 0.3 is 12.7 Å². The van der Waals surface area contributed by atoms with Crippen molar-refractivity contribution >= 4 is 11.7 Å². The number of carbonyl (C=O) groups excluding carboxylic acids is 1. The van der Waals surface area contributed by atoms with Gasteiger partial charge in [0.1, 0.15) is 18.2 Å². The minimum absolute atomic E-state index is 0.0248. The van der Waals surface area contributed by atoms with Gasteiger partial charge in [0.25, 0.3) is 0 Å². The molecule has 36 heavy (non-hydrogen) atoms. The van der Waals surface area contributed by atoms with Gasteiger partial charge in [0.05, 0.1) is 6.04 Å². The lowest BCUT2D eigenvalue weighted by Gasteiger charge is -2.34. The predicted octanol–water partition coefficient (Wildman–Crippen LogP) is 7.00. The molecule has 0 N–H and O–H groups in total. The number of fused-ring (bicyclic) bond motifs is 5. The van der Waals surface area contributed by atoms with Crippen molar-refractivity contribution in [3.63, 3.8) is 0 Å². The Hall–Kier alpha value is -3.74. The molecule has 1 amide bonds. The molecule has 6 rings (SSSR count). The average Bonchev–Trinajstić information content (AvgIpc) is 3.33. The largest absolute Gasteiger partial charge is 0.448 e. The minimum Gasteiger partial charge on any atom is -0.448 e. The minimum atomic E-state index is -3.05. The highest BCUT2D eigenvalue weighted by atomic mass is 19.3. The molecule has 2 unspecified atom stereocenters. The van der Waals surface area contributed by atoms with Crippen molar-refractivity contribution in [2.45, 2.75) is 43.9 Å². The third-order valence-electron chi connectivity index (χ3n) is 7.45. The first kappa shape index (κ1) is 22.7. The van der Waals surface area contributed by atoms with Gasteiger partial charge in [-0.1, -0.05) is 54.6 Å². The van der Waals surface area contributed by atoms with Gasteiger partial charge in [-0.25, -0.2) is 9.18 Å². The highest BCUT2D eigenvalue weighted by molar-refractivity contribution is 5.80. The van der Waals surface area contributed by atoms with E-state index in [0.717, 1.165) is 35.6 Å². The Bertz CT molecular complexity index is 1310. The van der Waals surface area contributed by atoms with Crippen molar-refractivity contribution in [2.75, 3.05) is 6.61 Å². The summed E-state index contributed by atoms with van der Waals surface area (Å²) in [6.07, 6.45) is 3.52. The van der Waals surface area contributed by atoms with E-state index in [2.05, 4.69) is 29.0 Å². The average molecular weight is 492 g/mol. The number of rotatable bonds is 5. The Morgan fingerprint density at radius 3 is 2.31 bits per heavy atom. The van der Waals surface area contributed by atoms with E-state index in [4.69, 9.17) is 4.74 Å². The highest BCUT2D eigenvalue weighted by Crippen LogP contribution is 2.45. The molecule has 0 aromatic heterocycles. The molecule has 0 radical (unpaired) electrons. The Morgan fingerprint density at radius 1 is 0.944 bits per heavy atom. The van der Waals surface area contributed by atoms with Crippen molar-refractivity contribution in [3.05, 3.63) is 95.3 Å². The molecule has 2 aliphatic heterocycles. The third kappa shape index (κ3) is 3.92. The van der Waals surface area contributed by atoms with Crippen LogP contribution in [-0.4, -0.2) is 36.3 Å². The van der Waals surface area contributed by atoms with Crippen LogP contribution in [-0.2, 0) is 4.74 Å². The Labute approximate surface area is 206 Å². The molecule has 1 aliphatic carbocycles. The van der Waals surface area contributed by atoms with Crippen LogP contribution in [0.25, 0.3) is 16.7 Å². The maximum Gasteiger partial charge on any atom is 0.410 e. The summed E-state index contributed by atoms with van der Waals surface area (Å²) >= 11 is 0. The van der Waals surface area contributed by atoms with E-state index < -0.39 is 12.4 Å². The van der Waals surface area contributed by atoms with Crippen molar-refractivity contribution in [1.29, 1.82) is 0 Å². The molecule has 2 heterocycles. The molecule has 3 aromatic rings. The molecule has 4 nitrogen and oxygen atoms in total. The van der Waals surface area contributed by atoms with Crippen LogP contribution < -0.4 is 4.74 Å². The summed E-state index contributed by atoms with van der Waals surface area (Å²) in [5.74, 6) is -0.859. The second-order valence-electron chi connectivity index (χ2n) is 9.42. The number of benzene rings is 3. The SMILES string of the molecule is O=C(OCC1c2ccccc2-c2ccccc21)N1C2C=C(c3ccc(F)cc3OC(F)F)CC1CC2. The third-order valence-corrected chi connectivity index (χ3v) is 7.45. The number of nitrogens with zero attached hydrogens (tertiary/aromatic N) is 1. The van der Waals surface area contributed by atoms with E-state index in [-0.39, 0.29) is 36.5 Å². The summed E-state index contributed by atoms with van der Waals surface area (Å²) in [6, 6.07) is 19.7. The van der Waals surface area contributed by atoms with E-state index in [0.29, 0.717) is 12.0 Å². The number of ether oxygens (including phenoxy) is 2. The maximum absolute atomic E-state index is 13.7. The highest BCUT2D eigenvalue weighted by Gasteiger charge is 2.41. The first-order valence-electron chi connectivity index (χ1n) is 12.1. The maximum atomic E-state index is 13.7. The van der Waals surface area contributed by atoms with Crippen molar-refractivity contribution in [1.82, 2.24) is 4.90 Å². The summed E-state index contributed by atoms with van der Waals surface area (Å²) in [6.45, 7) is -2.81. The van der Waals surface area contributed by atoms with Crippen molar-refractivity contribution in [2.24, 2.45) is 0 Å². The van der Waals surface area contributed by atoms with Crippen LogP contribution in [0.2, 0.25) is 0 Å². The Balaban J connectivity index is 1.20. The zero-order valence-electron chi connectivity index (χ0n) is 19.4. The number of carbonyl (C=O) groups is 1. The van der Waals surface area contributed by atoms with Gasteiger partial charge in [-0.15, -0.1) is 0 Å². The normalized spacial score (nSPS) is 20.2. The van der Waals surface area contributed by atoms with Crippen LogP contribution in [0.3, 0.4) is 0 Å². The number of alkyl halides is 2. The molecule has 2 bridgehead atoms. The van der Waals surface area contributed by atoms with E-state index in [1.54, 1.807) is 4.90 Å². The Morgan fingerprint density at radius 2 is 1.64 bits per heavy atom.